The Labute approximate surface area is 156 Å². The van der Waals surface area contributed by atoms with Crippen LogP contribution in [0, 0.1) is 11.3 Å². The van der Waals surface area contributed by atoms with Gasteiger partial charge in [-0.25, -0.2) is 13.1 Å². The van der Waals surface area contributed by atoms with Gasteiger partial charge in [-0.15, -0.1) is 0 Å². The van der Waals surface area contributed by atoms with Crippen molar-refractivity contribution in [1.29, 1.82) is 5.26 Å². The molecule has 2 rings (SSSR count). The highest BCUT2D eigenvalue weighted by molar-refractivity contribution is 7.92. The molecule has 27 heavy (non-hydrogen) atoms. The average molecular weight is 453 g/mol. The van der Waals surface area contributed by atoms with Crippen LogP contribution >= 0.6 is 23.2 Å². The lowest BCUT2D eigenvalue weighted by molar-refractivity contribution is -0.141. The number of aromatic nitrogens is 2. The van der Waals surface area contributed by atoms with Crippen LogP contribution in [0.15, 0.2) is 17.0 Å². The van der Waals surface area contributed by atoms with Crippen LogP contribution in [-0.2, 0) is 16.0 Å². The van der Waals surface area contributed by atoms with Crippen LogP contribution in [0.2, 0.25) is 10.0 Å². The van der Waals surface area contributed by atoms with E-state index in [1.54, 1.807) is 0 Å². The van der Waals surface area contributed by atoms with Gasteiger partial charge in [0.05, 0.1) is 14.9 Å². The topological polar surface area (TPSA) is 102 Å². The lowest BCUT2D eigenvalue weighted by Crippen LogP contribution is -2.23. The van der Waals surface area contributed by atoms with Crippen LogP contribution in [0.1, 0.15) is 11.3 Å². The van der Waals surface area contributed by atoms with E-state index in [4.69, 9.17) is 34.2 Å². The second kappa shape index (κ2) is 6.47. The molecule has 2 aromatic rings. The molecule has 0 saturated heterocycles. The van der Waals surface area contributed by atoms with Crippen molar-refractivity contribution in [2.45, 2.75) is 16.6 Å². The zero-order chi connectivity index (χ0) is 20.9. The lowest BCUT2D eigenvalue weighted by atomic mass is 10.2. The van der Waals surface area contributed by atoms with E-state index < -0.39 is 59.2 Å². The fourth-order valence-corrected chi connectivity index (χ4v) is 3.53. The number of nitrogen functional groups attached to an aromatic ring is 1. The number of sulfone groups is 1. The van der Waals surface area contributed by atoms with Crippen molar-refractivity contribution in [1.82, 2.24) is 9.78 Å². The molecule has 0 radical (unpaired) electrons. The Morgan fingerprint density at radius 3 is 1.93 bits per heavy atom. The molecule has 6 nitrogen and oxygen atoms in total. The van der Waals surface area contributed by atoms with Crippen LogP contribution in [0.3, 0.4) is 0 Å². The molecule has 0 bridgehead atoms. The Bertz CT molecular complexity index is 1050. The number of benzene rings is 1. The molecule has 0 unspecified atom stereocenters. The molecule has 0 saturated carbocycles. The molecule has 0 aliphatic rings. The number of nitrogens with two attached hydrogens (primary N) is 1. The van der Waals surface area contributed by atoms with Crippen molar-refractivity contribution in [3.8, 4) is 11.8 Å². The highest BCUT2D eigenvalue weighted by atomic mass is 35.5. The second-order valence-electron chi connectivity index (χ2n) is 4.81. The molecule has 2 N–H and O–H groups in total. The van der Waals surface area contributed by atoms with Gasteiger partial charge in [-0.05, 0) is 12.1 Å². The minimum absolute atomic E-state index is 0.288. The maximum absolute atomic E-state index is 12.9. The van der Waals surface area contributed by atoms with Gasteiger partial charge in [0, 0.05) is 0 Å². The molecule has 0 spiro atoms. The molecule has 1 aromatic carbocycles. The van der Waals surface area contributed by atoms with E-state index >= 15 is 0 Å². The Morgan fingerprint density at radius 2 is 1.59 bits per heavy atom. The Hall–Kier alpha value is -2.17. The number of nitriles is 1. The summed E-state index contributed by atoms with van der Waals surface area (Å²) in [5.41, 5.74) is -3.61. The molecule has 0 aliphatic carbocycles. The third-order valence-electron chi connectivity index (χ3n) is 3.12. The van der Waals surface area contributed by atoms with Gasteiger partial charge in [0.1, 0.15) is 23.1 Å². The van der Waals surface area contributed by atoms with Crippen LogP contribution < -0.4 is 5.73 Å². The third kappa shape index (κ3) is 3.52. The average Bonchev–Trinajstić information content (AvgIpc) is 2.82. The summed E-state index contributed by atoms with van der Waals surface area (Å²) in [6, 6.07) is 1.85. The standard InChI is InChI=1S/C12H4Cl2F6N4O2S/c13-6-1-4(27(25,26)12(18,19)20)2-7(14)8(6)24-10(22)5(3-21)9(23-24)11(15,16)17/h1-2H,22H2. The quantitative estimate of drug-likeness (QED) is 0.695. The van der Waals surface area contributed by atoms with Crippen molar-refractivity contribution in [2.24, 2.45) is 0 Å². The normalized spacial score (nSPS) is 12.9. The first kappa shape index (κ1) is 21.1. The van der Waals surface area contributed by atoms with Crippen LogP contribution in [0.5, 0.6) is 0 Å². The first-order valence-corrected chi connectivity index (χ1v) is 8.53. The zero-order valence-corrected chi connectivity index (χ0v) is 14.7. The van der Waals surface area contributed by atoms with Crippen molar-refractivity contribution in [2.75, 3.05) is 5.73 Å². The molecule has 0 amide bonds. The van der Waals surface area contributed by atoms with Crippen molar-refractivity contribution in [3.63, 3.8) is 0 Å². The van der Waals surface area contributed by atoms with Crippen molar-refractivity contribution >= 4 is 38.9 Å². The summed E-state index contributed by atoms with van der Waals surface area (Å²) in [4.78, 5) is -1.34. The van der Waals surface area contributed by atoms with E-state index in [9.17, 15) is 34.8 Å². The highest BCUT2D eigenvalue weighted by Crippen LogP contribution is 2.40. The summed E-state index contributed by atoms with van der Waals surface area (Å²) in [6.45, 7) is 0. The van der Waals surface area contributed by atoms with E-state index in [1.165, 1.54) is 6.07 Å². The van der Waals surface area contributed by atoms with E-state index in [2.05, 4.69) is 5.10 Å². The summed E-state index contributed by atoms with van der Waals surface area (Å²) in [7, 11) is -5.82. The van der Waals surface area contributed by atoms with E-state index in [0.717, 1.165) is 0 Å². The number of hydrogen-bond donors (Lipinski definition) is 1. The van der Waals surface area contributed by atoms with Gasteiger partial charge >= 0.3 is 11.7 Å². The van der Waals surface area contributed by atoms with Crippen molar-refractivity contribution in [3.05, 3.63) is 33.4 Å². The monoisotopic (exact) mass is 452 g/mol. The minimum atomic E-state index is -5.82. The molecule has 0 aliphatic heterocycles. The molecule has 0 fully saturated rings. The van der Waals surface area contributed by atoms with Crippen LogP contribution in [0.4, 0.5) is 32.2 Å². The predicted octanol–water partition coefficient (Wildman–Crippen LogP) is 3.95. The maximum Gasteiger partial charge on any atom is 0.501 e. The number of nitrogens with zero attached hydrogens (tertiary/aromatic N) is 3. The van der Waals surface area contributed by atoms with Gasteiger partial charge in [-0.1, -0.05) is 23.2 Å². The predicted molar refractivity (Wildman–Crippen MR) is 81.0 cm³/mol. The van der Waals surface area contributed by atoms with E-state index in [-0.39, 0.29) is 4.68 Å². The smallest absolute Gasteiger partial charge is 0.382 e. The summed E-state index contributed by atoms with van der Waals surface area (Å²) >= 11 is 11.4. The molecule has 15 heteroatoms. The molecule has 1 aromatic heterocycles. The first-order valence-electron chi connectivity index (χ1n) is 6.29. The largest absolute Gasteiger partial charge is 0.501 e. The zero-order valence-electron chi connectivity index (χ0n) is 12.3. The first-order chi connectivity index (χ1) is 12.1. The van der Waals surface area contributed by atoms with E-state index in [0.29, 0.717) is 12.1 Å². The highest BCUT2D eigenvalue weighted by Gasteiger charge is 2.47. The van der Waals surface area contributed by atoms with Gasteiger partial charge in [0.2, 0.25) is 0 Å². The number of alkyl halides is 6. The Kier molecular flexibility index (Phi) is 5.06. The van der Waals surface area contributed by atoms with Crippen LogP contribution in [0.25, 0.3) is 5.69 Å². The molecular formula is C12H4Cl2F6N4O2S. The number of halogens is 8. The SMILES string of the molecule is N#Cc1c(C(F)(F)F)nn(-c2c(Cl)cc(S(=O)(=O)C(F)(F)F)cc2Cl)c1N. The summed E-state index contributed by atoms with van der Waals surface area (Å²) in [6.07, 6.45) is -5.08. The molecule has 0 atom stereocenters. The fourth-order valence-electron chi connectivity index (χ4n) is 1.94. The van der Waals surface area contributed by atoms with Crippen LogP contribution in [-0.4, -0.2) is 23.7 Å². The lowest BCUT2D eigenvalue weighted by Gasteiger charge is -2.13. The van der Waals surface area contributed by atoms with Gasteiger partial charge in [0.25, 0.3) is 9.84 Å². The number of anilines is 1. The van der Waals surface area contributed by atoms with Gasteiger partial charge in [-0.2, -0.15) is 36.7 Å². The summed E-state index contributed by atoms with van der Waals surface area (Å²) < 4.78 is 99.9. The number of rotatable bonds is 2. The van der Waals surface area contributed by atoms with Crippen molar-refractivity contribution < 1.29 is 34.8 Å². The maximum atomic E-state index is 12.9. The third-order valence-corrected chi connectivity index (χ3v) is 5.16. The second-order valence-corrected chi connectivity index (χ2v) is 7.57. The number of hydrogen-bond acceptors (Lipinski definition) is 5. The minimum Gasteiger partial charge on any atom is -0.382 e. The summed E-state index contributed by atoms with van der Waals surface area (Å²) in [5, 5.41) is 10.3. The van der Waals surface area contributed by atoms with Gasteiger partial charge < -0.3 is 5.73 Å². The fraction of sp³-hybridized carbons (Fsp3) is 0.167. The Balaban J connectivity index is 2.78. The molecule has 1 heterocycles. The van der Waals surface area contributed by atoms with Gasteiger partial charge in [0.15, 0.2) is 5.69 Å². The molecular weight excluding hydrogens is 449 g/mol. The summed E-state index contributed by atoms with van der Waals surface area (Å²) in [5.74, 6) is -0.847. The molecule has 146 valence electrons. The van der Waals surface area contributed by atoms with Gasteiger partial charge in [-0.3, -0.25) is 0 Å². The van der Waals surface area contributed by atoms with E-state index in [1.807, 2.05) is 0 Å². The Morgan fingerprint density at radius 1 is 1.11 bits per heavy atom.